The van der Waals surface area contributed by atoms with Gasteiger partial charge in [0.15, 0.2) is 0 Å². The molecule has 0 saturated carbocycles. The zero-order chi connectivity index (χ0) is 19.2. The highest BCUT2D eigenvalue weighted by Crippen LogP contribution is 2.16. The number of anilines is 2. The molecule has 8 heteroatoms. The molecule has 27 heavy (non-hydrogen) atoms. The van der Waals surface area contributed by atoms with E-state index in [4.69, 9.17) is 0 Å². The number of amides is 2. The van der Waals surface area contributed by atoms with Crippen LogP contribution in [0.3, 0.4) is 0 Å². The molecule has 3 aromatic rings. The predicted octanol–water partition coefficient (Wildman–Crippen LogP) is 2.80. The van der Waals surface area contributed by atoms with E-state index >= 15 is 0 Å². The fourth-order valence-electron chi connectivity index (χ4n) is 2.44. The maximum absolute atomic E-state index is 13.6. The lowest BCUT2D eigenvalue weighted by Crippen LogP contribution is -2.24. The Morgan fingerprint density at radius 1 is 1.07 bits per heavy atom. The molecule has 7 nitrogen and oxygen atoms in total. The molecule has 138 valence electrons. The minimum absolute atomic E-state index is 0.0550. The number of halogens is 1. The maximum atomic E-state index is 13.6. The van der Waals surface area contributed by atoms with Crippen molar-refractivity contribution >= 4 is 23.2 Å². The SMILES string of the molecule is CC(C(=O)Nc1ccc(NC(=O)Cc2ccccc2F)cc1)n1cncn1. The van der Waals surface area contributed by atoms with E-state index in [2.05, 4.69) is 20.7 Å². The van der Waals surface area contributed by atoms with Gasteiger partial charge in [-0.3, -0.25) is 9.59 Å². The minimum Gasteiger partial charge on any atom is -0.326 e. The van der Waals surface area contributed by atoms with Gasteiger partial charge in [-0.1, -0.05) is 18.2 Å². The van der Waals surface area contributed by atoms with E-state index in [9.17, 15) is 14.0 Å². The molecule has 1 unspecified atom stereocenters. The van der Waals surface area contributed by atoms with E-state index < -0.39 is 11.9 Å². The summed E-state index contributed by atoms with van der Waals surface area (Å²) in [6.45, 7) is 1.71. The predicted molar refractivity (Wildman–Crippen MR) is 98.5 cm³/mol. The molecule has 0 aliphatic rings. The highest BCUT2D eigenvalue weighted by atomic mass is 19.1. The first kappa shape index (κ1) is 18.2. The van der Waals surface area contributed by atoms with E-state index in [0.717, 1.165) is 0 Å². The Kier molecular flexibility index (Phi) is 5.55. The van der Waals surface area contributed by atoms with Crippen LogP contribution < -0.4 is 10.6 Å². The van der Waals surface area contributed by atoms with Gasteiger partial charge in [0.1, 0.15) is 24.5 Å². The van der Waals surface area contributed by atoms with E-state index in [1.54, 1.807) is 49.4 Å². The van der Waals surface area contributed by atoms with Crippen molar-refractivity contribution in [3.8, 4) is 0 Å². The summed E-state index contributed by atoms with van der Waals surface area (Å²) < 4.78 is 15.1. The van der Waals surface area contributed by atoms with E-state index in [-0.39, 0.29) is 18.2 Å². The Bertz CT molecular complexity index is 926. The number of benzene rings is 2. The molecule has 1 aromatic heterocycles. The Hall–Kier alpha value is -3.55. The highest BCUT2D eigenvalue weighted by Gasteiger charge is 2.15. The van der Waals surface area contributed by atoms with Gasteiger partial charge in [0, 0.05) is 11.4 Å². The van der Waals surface area contributed by atoms with Crippen molar-refractivity contribution in [2.45, 2.75) is 19.4 Å². The van der Waals surface area contributed by atoms with Crippen molar-refractivity contribution in [3.05, 3.63) is 72.6 Å². The number of aromatic nitrogens is 3. The Balaban J connectivity index is 1.56. The molecular formula is C19H18FN5O2. The van der Waals surface area contributed by atoms with Crippen LogP contribution in [-0.4, -0.2) is 26.6 Å². The summed E-state index contributed by atoms with van der Waals surface area (Å²) in [5, 5.41) is 9.41. The van der Waals surface area contributed by atoms with Crippen LogP contribution in [0.2, 0.25) is 0 Å². The van der Waals surface area contributed by atoms with Crippen LogP contribution >= 0.6 is 0 Å². The third-order valence-corrected chi connectivity index (χ3v) is 3.96. The average Bonchev–Trinajstić information content (AvgIpc) is 3.19. The van der Waals surface area contributed by atoms with Gasteiger partial charge in [-0.05, 0) is 42.8 Å². The zero-order valence-corrected chi connectivity index (χ0v) is 14.6. The van der Waals surface area contributed by atoms with Crippen LogP contribution in [0, 0.1) is 5.82 Å². The van der Waals surface area contributed by atoms with Crippen molar-refractivity contribution in [1.82, 2.24) is 14.8 Å². The largest absolute Gasteiger partial charge is 0.326 e. The molecule has 0 bridgehead atoms. The lowest BCUT2D eigenvalue weighted by molar-refractivity contribution is -0.119. The van der Waals surface area contributed by atoms with Crippen molar-refractivity contribution in [1.29, 1.82) is 0 Å². The van der Waals surface area contributed by atoms with Gasteiger partial charge in [0.25, 0.3) is 0 Å². The molecule has 2 N–H and O–H groups in total. The smallest absolute Gasteiger partial charge is 0.249 e. The maximum Gasteiger partial charge on any atom is 0.249 e. The van der Waals surface area contributed by atoms with Crippen LogP contribution in [0.15, 0.2) is 61.2 Å². The summed E-state index contributed by atoms with van der Waals surface area (Å²) in [4.78, 5) is 28.1. The highest BCUT2D eigenvalue weighted by molar-refractivity contribution is 5.95. The van der Waals surface area contributed by atoms with Crippen molar-refractivity contribution < 1.29 is 14.0 Å². The van der Waals surface area contributed by atoms with E-state index in [1.807, 2.05) is 0 Å². The fraction of sp³-hybridized carbons (Fsp3) is 0.158. The Labute approximate surface area is 155 Å². The molecule has 0 aliphatic carbocycles. The van der Waals surface area contributed by atoms with Crippen LogP contribution in [0.4, 0.5) is 15.8 Å². The van der Waals surface area contributed by atoms with E-state index in [0.29, 0.717) is 16.9 Å². The molecule has 0 aliphatic heterocycles. The lowest BCUT2D eigenvalue weighted by Gasteiger charge is -2.12. The van der Waals surface area contributed by atoms with Gasteiger partial charge < -0.3 is 10.6 Å². The Morgan fingerprint density at radius 2 is 1.74 bits per heavy atom. The van der Waals surface area contributed by atoms with Crippen molar-refractivity contribution in [3.63, 3.8) is 0 Å². The summed E-state index contributed by atoms with van der Waals surface area (Å²) in [6, 6.07) is 12.3. The van der Waals surface area contributed by atoms with Crippen LogP contribution in [0.5, 0.6) is 0 Å². The second-order valence-electron chi connectivity index (χ2n) is 5.93. The number of rotatable bonds is 6. The van der Waals surface area contributed by atoms with Crippen LogP contribution in [0.1, 0.15) is 18.5 Å². The standard InChI is InChI=1S/C19H18FN5O2/c1-13(25-12-21-11-22-25)19(27)24-16-8-6-15(7-9-16)23-18(26)10-14-4-2-3-5-17(14)20/h2-9,11-13H,10H2,1H3,(H,23,26)(H,24,27). The van der Waals surface area contributed by atoms with Gasteiger partial charge >= 0.3 is 0 Å². The quantitative estimate of drug-likeness (QED) is 0.701. The van der Waals surface area contributed by atoms with Crippen LogP contribution in [-0.2, 0) is 16.0 Å². The van der Waals surface area contributed by atoms with Gasteiger partial charge in [-0.25, -0.2) is 14.1 Å². The van der Waals surface area contributed by atoms with Gasteiger partial charge in [0.05, 0.1) is 6.42 Å². The number of nitrogens with one attached hydrogen (secondary N) is 2. The molecule has 1 heterocycles. The molecule has 0 saturated heterocycles. The molecule has 0 fully saturated rings. The van der Waals surface area contributed by atoms with Gasteiger partial charge in [0.2, 0.25) is 11.8 Å². The van der Waals surface area contributed by atoms with E-state index in [1.165, 1.54) is 23.4 Å². The summed E-state index contributed by atoms with van der Waals surface area (Å²) in [5.41, 5.74) is 1.47. The van der Waals surface area contributed by atoms with Gasteiger partial charge in [-0.15, -0.1) is 0 Å². The van der Waals surface area contributed by atoms with Crippen molar-refractivity contribution in [2.24, 2.45) is 0 Å². The third-order valence-electron chi connectivity index (χ3n) is 3.96. The Morgan fingerprint density at radius 3 is 2.37 bits per heavy atom. The number of hydrogen-bond donors (Lipinski definition) is 2. The van der Waals surface area contributed by atoms with Crippen LogP contribution in [0.25, 0.3) is 0 Å². The molecule has 2 aromatic carbocycles. The lowest BCUT2D eigenvalue weighted by atomic mass is 10.1. The second-order valence-corrected chi connectivity index (χ2v) is 5.93. The average molecular weight is 367 g/mol. The molecule has 2 amide bonds. The topological polar surface area (TPSA) is 88.9 Å². The number of carbonyl (C=O) groups excluding carboxylic acids is 2. The van der Waals surface area contributed by atoms with Crippen molar-refractivity contribution in [2.75, 3.05) is 10.6 Å². The normalized spacial score (nSPS) is 11.6. The molecule has 1 atom stereocenters. The monoisotopic (exact) mass is 367 g/mol. The molecule has 0 spiro atoms. The summed E-state index contributed by atoms with van der Waals surface area (Å²) in [6.07, 6.45) is 2.78. The number of nitrogens with zero attached hydrogens (tertiary/aromatic N) is 3. The first-order chi connectivity index (χ1) is 13.0. The summed E-state index contributed by atoms with van der Waals surface area (Å²) in [5.74, 6) is -0.972. The summed E-state index contributed by atoms with van der Waals surface area (Å²) >= 11 is 0. The molecular weight excluding hydrogens is 349 g/mol. The van der Waals surface area contributed by atoms with Gasteiger partial charge in [-0.2, -0.15) is 5.10 Å². The first-order valence-corrected chi connectivity index (χ1v) is 8.31. The number of carbonyl (C=O) groups is 2. The minimum atomic E-state index is -0.507. The molecule has 0 radical (unpaired) electrons. The summed E-state index contributed by atoms with van der Waals surface area (Å²) in [7, 11) is 0. The zero-order valence-electron chi connectivity index (χ0n) is 14.6. The molecule has 3 rings (SSSR count). The first-order valence-electron chi connectivity index (χ1n) is 8.31. The fourth-order valence-corrected chi connectivity index (χ4v) is 2.44. The number of hydrogen-bond acceptors (Lipinski definition) is 4. The second kappa shape index (κ2) is 8.22. The third kappa shape index (κ3) is 4.75.